The predicted molar refractivity (Wildman–Crippen MR) is 92.5 cm³/mol. The van der Waals surface area contributed by atoms with Gasteiger partial charge < -0.3 is 20.9 Å². The van der Waals surface area contributed by atoms with E-state index in [1.54, 1.807) is 30.3 Å². The third-order valence-electron chi connectivity index (χ3n) is 3.06. The Balaban J connectivity index is 2.18. The number of nitrogens with two attached hydrogens (primary N) is 2. The molecule has 0 saturated heterocycles. The van der Waals surface area contributed by atoms with Crippen LogP contribution in [-0.4, -0.2) is 25.3 Å². The van der Waals surface area contributed by atoms with Crippen LogP contribution in [0.15, 0.2) is 52.7 Å². The highest BCUT2D eigenvalue weighted by atomic mass is 16.6. The Morgan fingerprint density at radius 1 is 1.08 bits per heavy atom. The van der Waals surface area contributed by atoms with Gasteiger partial charge in [-0.25, -0.2) is 4.79 Å². The summed E-state index contributed by atoms with van der Waals surface area (Å²) >= 11 is 0. The van der Waals surface area contributed by atoms with Gasteiger partial charge in [-0.1, -0.05) is 17.7 Å². The van der Waals surface area contributed by atoms with Crippen molar-refractivity contribution in [3.63, 3.8) is 0 Å². The molecule has 0 atom stereocenters. The van der Waals surface area contributed by atoms with Gasteiger partial charge in [-0.2, -0.15) is 5.10 Å². The Bertz CT molecular complexity index is 779. The molecule has 7 heteroatoms. The van der Waals surface area contributed by atoms with Crippen LogP contribution in [0.5, 0.6) is 11.5 Å². The molecule has 0 fully saturated rings. The Morgan fingerprint density at radius 3 is 2.42 bits per heavy atom. The van der Waals surface area contributed by atoms with Crippen molar-refractivity contribution >= 4 is 18.1 Å². The molecule has 4 N–H and O–H groups in total. The lowest BCUT2D eigenvalue weighted by Gasteiger charge is -2.10. The highest BCUT2D eigenvalue weighted by Crippen LogP contribution is 2.28. The number of aryl methyl sites for hydroxylation is 1. The molecule has 0 spiro atoms. The van der Waals surface area contributed by atoms with E-state index in [-0.39, 0.29) is 5.96 Å². The predicted octanol–water partition coefficient (Wildman–Crippen LogP) is 1.83. The number of carbonyl (C=O) groups is 1. The zero-order chi connectivity index (χ0) is 17.5. The Hall–Kier alpha value is -3.35. The summed E-state index contributed by atoms with van der Waals surface area (Å²) in [6, 6.07) is 12.1. The molecule has 0 aliphatic heterocycles. The van der Waals surface area contributed by atoms with Crippen molar-refractivity contribution < 1.29 is 14.3 Å². The summed E-state index contributed by atoms with van der Waals surface area (Å²) in [6.45, 7) is 1.95. The topological polar surface area (TPSA) is 112 Å². The van der Waals surface area contributed by atoms with E-state index in [0.29, 0.717) is 22.6 Å². The smallest absolute Gasteiger partial charge is 0.343 e. The molecule has 2 aromatic carbocycles. The van der Waals surface area contributed by atoms with Gasteiger partial charge in [0.15, 0.2) is 11.5 Å². The fourth-order valence-corrected chi connectivity index (χ4v) is 1.86. The van der Waals surface area contributed by atoms with Gasteiger partial charge in [0.1, 0.15) is 0 Å². The molecule has 124 valence electrons. The van der Waals surface area contributed by atoms with Crippen LogP contribution < -0.4 is 20.9 Å². The van der Waals surface area contributed by atoms with Crippen LogP contribution in [-0.2, 0) is 0 Å². The maximum atomic E-state index is 12.2. The molecule has 0 unspecified atom stereocenters. The van der Waals surface area contributed by atoms with E-state index in [9.17, 15) is 4.79 Å². The van der Waals surface area contributed by atoms with Crippen LogP contribution in [0.2, 0.25) is 0 Å². The van der Waals surface area contributed by atoms with E-state index in [1.165, 1.54) is 13.3 Å². The van der Waals surface area contributed by atoms with E-state index >= 15 is 0 Å². The lowest BCUT2D eigenvalue weighted by molar-refractivity contribution is 0.0729. The number of methoxy groups -OCH3 is 1. The molecular weight excluding hydrogens is 308 g/mol. The largest absolute Gasteiger partial charge is 0.493 e. The highest BCUT2D eigenvalue weighted by Gasteiger charge is 2.12. The highest BCUT2D eigenvalue weighted by molar-refractivity contribution is 5.91. The molecule has 2 rings (SSSR count). The van der Waals surface area contributed by atoms with E-state index in [2.05, 4.69) is 10.2 Å². The lowest BCUT2D eigenvalue weighted by Crippen LogP contribution is -2.21. The zero-order valence-electron chi connectivity index (χ0n) is 13.4. The number of benzene rings is 2. The summed E-state index contributed by atoms with van der Waals surface area (Å²) in [5.41, 5.74) is 12.6. The Kier molecular flexibility index (Phi) is 5.51. The van der Waals surface area contributed by atoms with Gasteiger partial charge in [-0.05, 0) is 42.8 Å². The van der Waals surface area contributed by atoms with Crippen LogP contribution in [0.4, 0.5) is 0 Å². The van der Waals surface area contributed by atoms with Gasteiger partial charge >= 0.3 is 5.97 Å². The molecule has 2 aromatic rings. The second kappa shape index (κ2) is 7.77. The number of hydrogen-bond acceptors (Lipinski definition) is 5. The summed E-state index contributed by atoms with van der Waals surface area (Å²) in [5.74, 6) is 0.100. The van der Waals surface area contributed by atoms with E-state index in [0.717, 1.165) is 5.56 Å². The van der Waals surface area contributed by atoms with Crippen LogP contribution in [0.25, 0.3) is 0 Å². The van der Waals surface area contributed by atoms with E-state index in [1.807, 2.05) is 19.1 Å². The molecule has 0 bridgehead atoms. The van der Waals surface area contributed by atoms with Crippen molar-refractivity contribution in [3.05, 3.63) is 59.2 Å². The summed E-state index contributed by atoms with van der Waals surface area (Å²) in [7, 11) is 1.48. The Labute approximate surface area is 139 Å². The molecular formula is C17H18N4O3. The molecule has 0 aliphatic rings. The minimum absolute atomic E-state index is 0.137. The van der Waals surface area contributed by atoms with E-state index < -0.39 is 5.97 Å². The molecule has 0 aliphatic carbocycles. The third-order valence-corrected chi connectivity index (χ3v) is 3.06. The summed E-state index contributed by atoms with van der Waals surface area (Å²) in [6.07, 6.45) is 1.45. The second-order valence-electron chi connectivity index (χ2n) is 4.94. The maximum Gasteiger partial charge on any atom is 0.343 e. The number of hydrogen-bond donors (Lipinski definition) is 2. The number of nitrogens with zero attached hydrogens (tertiary/aromatic N) is 2. The zero-order valence-corrected chi connectivity index (χ0v) is 13.4. The van der Waals surface area contributed by atoms with Gasteiger partial charge in [0.05, 0.1) is 18.9 Å². The number of esters is 1. The first-order chi connectivity index (χ1) is 11.5. The lowest BCUT2D eigenvalue weighted by atomic mass is 10.1. The van der Waals surface area contributed by atoms with Crippen molar-refractivity contribution in [1.82, 2.24) is 0 Å². The fourth-order valence-electron chi connectivity index (χ4n) is 1.86. The number of ether oxygens (including phenoxy) is 2. The molecule has 0 heterocycles. The maximum absolute atomic E-state index is 12.2. The van der Waals surface area contributed by atoms with Crippen LogP contribution >= 0.6 is 0 Å². The van der Waals surface area contributed by atoms with Crippen LogP contribution in [0, 0.1) is 6.92 Å². The number of guanidine groups is 1. The van der Waals surface area contributed by atoms with Gasteiger partial charge in [-0.3, -0.25) is 0 Å². The van der Waals surface area contributed by atoms with Crippen LogP contribution in [0.3, 0.4) is 0 Å². The van der Waals surface area contributed by atoms with Gasteiger partial charge in [-0.15, -0.1) is 5.10 Å². The van der Waals surface area contributed by atoms with Gasteiger partial charge in [0.25, 0.3) is 0 Å². The average Bonchev–Trinajstić information content (AvgIpc) is 2.56. The third kappa shape index (κ3) is 4.57. The molecule has 0 saturated carbocycles. The minimum atomic E-state index is -0.463. The van der Waals surface area contributed by atoms with E-state index in [4.69, 9.17) is 20.9 Å². The monoisotopic (exact) mass is 326 g/mol. The van der Waals surface area contributed by atoms with Crippen molar-refractivity contribution in [2.45, 2.75) is 6.92 Å². The first-order valence-electron chi connectivity index (χ1n) is 7.08. The summed E-state index contributed by atoms with van der Waals surface area (Å²) in [4.78, 5) is 12.2. The Morgan fingerprint density at radius 2 is 1.79 bits per heavy atom. The van der Waals surface area contributed by atoms with Gasteiger partial charge in [0.2, 0.25) is 5.96 Å². The number of carbonyl (C=O) groups excluding carboxylic acids is 1. The van der Waals surface area contributed by atoms with Crippen molar-refractivity contribution in [1.29, 1.82) is 0 Å². The molecule has 7 nitrogen and oxygen atoms in total. The normalized spacial score (nSPS) is 10.4. The van der Waals surface area contributed by atoms with Crippen molar-refractivity contribution in [2.75, 3.05) is 7.11 Å². The molecule has 0 radical (unpaired) electrons. The van der Waals surface area contributed by atoms with Crippen LogP contribution in [0.1, 0.15) is 21.5 Å². The standard InChI is InChI=1S/C17H18N4O3/c1-11-3-6-13(7-4-11)16(22)24-14-8-5-12(9-15(14)23-2)10-20-21-17(18)19/h3-10H,1-2H3,(H4,18,19,21)/b20-10+. The first-order valence-corrected chi connectivity index (χ1v) is 7.08. The summed E-state index contributed by atoms with van der Waals surface area (Å²) in [5, 5.41) is 7.22. The number of rotatable bonds is 5. The van der Waals surface area contributed by atoms with Gasteiger partial charge in [0, 0.05) is 0 Å². The average molecular weight is 326 g/mol. The van der Waals surface area contributed by atoms with Crippen molar-refractivity contribution in [3.8, 4) is 11.5 Å². The molecule has 0 amide bonds. The second-order valence-corrected chi connectivity index (χ2v) is 4.94. The summed E-state index contributed by atoms with van der Waals surface area (Å²) < 4.78 is 10.6. The molecule has 0 aromatic heterocycles. The minimum Gasteiger partial charge on any atom is -0.493 e. The molecule has 24 heavy (non-hydrogen) atoms. The quantitative estimate of drug-likeness (QED) is 0.286. The SMILES string of the molecule is COc1cc(/C=N/N=C(N)N)ccc1OC(=O)c1ccc(C)cc1. The first kappa shape index (κ1) is 17.0. The fraction of sp³-hybridized carbons (Fsp3) is 0.118. The van der Waals surface area contributed by atoms with Crippen molar-refractivity contribution in [2.24, 2.45) is 21.7 Å².